The molecular weight excluding hydrogens is 410 g/mol. The third kappa shape index (κ3) is 2.91. The fraction of sp³-hybridized carbons (Fsp3) is 0.250. The Morgan fingerprint density at radius 1 is 1.25 bits per heavy atom. The van der Waals surface area contributed by atoms with Crippen LogP contribution in [0, 0.1) is 13.8 Å². The Kier molecular flexibility index (Phi) is 4.27. The standard InChI is InChI=1S/C12H13Br2N3O2S/c1-7-12(8(2)17(3)15-7)20(18,19)16-11-5-4-9(13)6-10(11)14/h4-6,16H,1-3H3. The topological polar surface area (TPSA) is 64.0 Å². The number of aryl methyl sites for hydroxylation is 2. The van der Waals surface area contributed by atoms with E-state index in [1.54, 1.807) is 43.8 Å². The molecule has 0 aliphatic carbocycles. The first-order valence-electron chi connectivity index (χ1n) is 5.70. The molecule has 0 spiro atoms. The van der Waals surface area contributed by atoms with Crippen LogP contribution >= 0.6 is 31.9 Å². The number of aromatic nitrogens is 2. The zero-order valence-corrected chi connectivity index (χ0v) is 15.1. The monoisotopic (exact) mass is 421 g/mol. The first-order chi connectivity index (χ1) is 9.22. The molecule has 1 N–H and O–H groups in total. The van der Waals surface area contributed by atoms with Gasteiger partial charge in [-0.05, 0) is 48.0 Å². The molecule has 1 heterocycles. The summed E-state index contributed by atoms with van der Waals surface area (Å²) >= 11 is 6.66. The highest BCUT2D eigenvalue weighted by Gasteiger charge is 2.24. The number of hydrogen-bond donors (Lipinski definition) is 1. The second-order valence-electron chi connectivity index (χ2n) is 4.35. The minimum Gasteiger partial charge on any atom is -0.278 e. The molecule has 0 fully saturated rings. The van der Waals surface area contributed by atoms with Gasteiger partial charge in [0, 0.05) is 16.0 Å². The molecule has 2 rings (SSSR count). The molecule has 8 heteroatoms. The Morgan fingerprint density at radius 3 is 2.40 bits per heavy atom. The quantitative estimate of drug-likeness (QED) is 0.824. The third-order valence-electron chi connectivity index (χ3n) is 2.89. The van der Waals surface area contributed by atoms with Crippen molar-refractivity contribution in [1.29, 1.82) is 0 Å². The summed E-state index contributed by atoms with van der Waals surface area (Å²) in [5.74, 6) is 0. The van der Waals surface area contributed by atoms with E-state index in [4.69, 9.17) is 0 Å². The van der Waals surface area contributed by atoms with Gasteiger partial charge in [-0.3, -0.25) is 9.40 Å². The van der Waals surface area contributed by atoms with Gasteiger partial charge in [-0.15, -0.1) is 0 Å². The molecule has 1 aromatic heterocycles. The van der Waals surface area contributed by atoms with Crippen LogP contribution in [0.3, 0.4) is 0 Å². The van der Waals surface area contributed by atoms with E-state index in [9.17, 15) is 8.42 Å². The molecule has 20 heavy (non-hydrogen) atoms. The zero-order chi connectivity index (χ0) is 15.1. The van der Waals surface area contributed by atoms with Crippen LogP contribution in [0.4, 0.5) is 5.69 Å². The smallest absolute Gasteiger partial charge is 0.265 e. The summed E-state index contributed by atoms with van der Waals surface area (Å²) in [6.07, 6.45) is 0. The van der Waals surface area contributed by atoms with Gasteiger partial charge in [0.25, 0.3) is 10.0 Å². The van der Waals surface area contributed by atoms with Crippen molar-refractivity contribution in [2.75, 3.05) is 4.72 Å². The van der Waals surface area contributed by atoms with Crippen LogP contribution in [-0.4, -0.2) is 18.2 Å². The van der Waals surface area contributed by atoms with Gasteiger partial charge in [0.15, 0.2) is 0 Å². The van der Waals surface area contributed by atoms with Gasteiger partial charge in [-0.1, -0.05) is 15.9 Å². The molecule has 0 bridgehead atoms. The van der Waals surface area contributed by atoms with E-state index < -0.39 is 10.0 Å². The van der Waals surface area contributed by atoms with Gasteiger partial charge in [0.2, 0.25) is 0 Å². The second kappa shape index (κ2) is 5.50. The number of nitrogens with one attached hydrogen (secondary N) is 1. The van der Waals surface area contributed by atoms with Crippen molar-refractivity contribution in [1.82, 2.24) is 9.78 Å². The SMILES string of the molecule is Cc1nn(C)c(C)c1S(=O)(=O)Nc1ccc(Br)cc1Br. The van der Waals surface area contributed by atoms with Crippen molar-refractivity contribution in [2.24, 2.45) is 7.05 Å². The Balaban J connectivity index is 2.46. The van der Waals surface area contributed by atoms with E-state index in [2.05, 4.69) is 41.7 Å². The van der Waals surface area contributed by atoms with Gasteiger partial charge >= 0.3 is 0 Å². The zero-order valence-electron chi connectivity index (χ0n) is 11.1. The average molecular weight is 423 g/mol. The van der Waals surface area contributed by atoms with Crippen molar-refractivity contribution < 1.29 is 8.42 Å². The minimum absolute atomic E-state index is 0.217. The summed E-state index contributed by atoms with van der Waals surface area (Å²) in [6.45, 7) is 3.41. The van der Waals surface area contributed by atoms with Gasteiger partial charge in [-0.2, -0.15) is 5.10 Å². The molecule has 0 radical (unpaired) electrons. The highest BCUT2D eigenvalue weighted by atomic mass is 79.9. The van der Waals surface area contributed by atoms with E-state index in [1.807, 2.05) is 0 Å². The number of benzene rings is 1. The normalized spacial score (nSPS) is 11.7. The van der Waals surface area contributed by atoms with E-state index >= 15 is 0 Å². The number of anilines is 1. The molecule has 108 valence electrons. The van der Waals surface area contributed by atoms with E-state index in [1.165, 1.54) is 0 Å². The van der Waals surface area contributed by atoms with Crippen molar-refractivity contribution in [3.05, 3.63) is 38.5 Å². The maximum atomic E-state index is 12.5. The molecule has 0 amide bonds. The predicted molar refractivity (Wildman–Crippen MR) is 85.3 cm³/mol. The van der Waals surface area contributed by atoms with Gasteiger partial charge in [0.05, 0.1) is 17.1 Å². The number of halogens is 2. The lowest BCUT2D eigenvalue weighted by Gasteiger charge is -2.10. The Morgan fingerprint density at radius 2 is 1.90 bits per heavy atom. The molecule has 1 aromatic carbocycles. The van der Waals surface area contributed by atoms with Crippen LogP contribution in [0.25, 0.3) is 0 Å². The molecule has 0 unspecified atom stereocenters. The van der Waals surface area contributed by atoms with Crippen molar-refractivity contribution >= 4 is 47.6 Å². The van der Waals surface area contributed by atoms with Crippen LogP contribution in [0.5, 0.6) is 0 Å². The lowest BCUT2D eigenvalue weighted by Crippen LogP contribution is -2.15. The average Bonchev–Trinajstić information content (AvgIpc) is 2.57. The van der Waals surface area contributed by atoms with E-state index in [0.29, 0.717) is 21.5 Å². The Labute approximate surface area is 134 Å². The summed E-state index contributed by atoms with van der Waals surface area (Å²) in [6, 6.07) is 5.24. The largest absolute Gasteiger partial charge is 0.278 e. The van der Waals surface area contributed by atoms with Crippen LogP contribution in [0.15, 0.2) is 32.0 Å². The molecular formula is C12H13Br2N3O2S. The number of hydrogen-bond acceptors (Lipinski definition) is 3. The number of rotatable bonds is 3. The van der Waals surface area contributed by atoms with Gasteiger partial charge < -0.3 is 0 Å². The van der Waals surface area contributed by atoms with Crippen LogP contribution < -0.4 is 4.72 Å². The lowest BCUT2D eigenvalue weighted by atomic mass is 10.3. The van der Waals surface area contributed by atoms with Gasteiger partial charge in [0.1, 0.15) is 4.90 Å². The van der Waals surface area contributed by atoms with Gasteiger partial charge in [-0.25, -0.2) is 8.42 Å². The molecule has 0 aliphatic heterocycles. The predicted octanol–water partition coefficient (Wildman–Crippen LogP) is 3.36. The molecule has 2 aromatic rings. The highest BCUT2D eigenvalue weighted by Crippen LogP contribution is 2.29. The Bertz CT molecular complexity index is 769. The van der Waals surface area contributed by atoms with Crippen LogP contribution in [0.2, 0.25) is 0 Å². The number of sulfonamides is 1. The summed E-state index contributed by atoms with van der Waals surface area (Å²) in [7, 11) is -1.95. The molecule has 5 nitrogen and oxygen atoms in total. The van der Waals surface area contributed by atoms with E-state index in [0.717, 1.165) is 4.47 Å². The molecule has 0 saturated carbocycles. The van der Waals surface area contributed by atoms with Crippen molar-refractivity contribution in [3.63, 3.8) is 0 Å². The second-order valence-corrected chi connectivity index (χ2v) is 7.74. The maximum absolute atomic E-state index is 12.5. The molecule has 0 atom stereocenters. The molecule has 0 aliphatic rings. The van der Waals surface area contributed by atoms with Crippen molar-refractivity contribution in [2.45, 2.75) is 18.7 Å². The first-order valence-corrected chi connectivity index (χ1v) is 8.77. The summed E-state index contributed by atoms with van der Waals surface area (Å²) in [5.41, 5.74) is 1.56. The van der Waals surface area contributed by atoms with Crippen LogP contribution in [0.1, 0.15) is 11.4 Å². The lowest BCUT2D eigenvalue weighted by molar-refractivity contribution is 0.599. The maximum Gasteiger partial charge on any atom is 0.265 e. The number of nitrogens with zero attached hydrogens (tertiary/aromatic N) is 2. The Hall–Kier alpha value is -0.860. The van der Waals surface area contributed by atoms with E-state index in [-0.39, 0.29) is 4.90 Å². The summed E-state index contributed by atoms with van der Waals surface area (Å²) in [5, 5.41) is 4.13. The minimum atomic E-state index is -3.67. The fourth-order valence-corrected chi connectivity index (χ4v) is 4.71. The highest BCUT2D eigenvalue weighted by molar-refractivity contribution is 9.11. The third-order valence-corrected chi connectivity index (χ3v) is 5.65. The first kappa shape index (κ1) is 15.5. The summed E-state index contributed by atoms with van der Waals surface area (Å²) < 4.78 is 30.6. The fourth-order valence-electron chi connectivity index (χ4n) is 1.91. The molecule has 0 saturated heterocycles. The summed E-state index contributed by atoms with van der Waals surface area (Å²) in [4.78, 5) is 0.217. The van der Waals surface area contributed by atoms with Crippen molar-refractivity contribution in [3.8, 4) is 0 Å². The van der Waals surface area contributed by atoms with Crippen LogP contribution in [-0.2, 0) is 17.1 Å².